The molecule has 0 fully saturated rings. The van der Waals surface area contributed by atoms with Crippen LogP contribution in [0.15, 0.2) is 42.6 Å². The summed E-state index contributed by atoms with van der Waals surface area (Å²) in [6, 6.07) is 8.87. The molecule has 122 valence electrons. The maximum absolute atomic E-state index is 13.8. The number of aromatic hydroxyl groups is 1. The van der Waals surface area contributed by atoms with E-state index in [1.165, 1.54) is 18.3 Å². The molecule has 0 radical (unpaired) electrons. The van der Waals surface area contributed by atoms with Crippen LogP contribution in [0.3, 0.4) is 0 Å². The third-order valence-corrected chi connectivity index (χ3v) is 3.85. The smallest absolute Gasteiger partial charge is 0.189 e. The molecule has 0 saturated carbocycles. The molecule has 0 aliphatic heterocycles. The molecule has 3 aromatic rings. The molecule has 0 aliphatic carbocycles. The lowest BCUT2D eigenvalue weighted by molar-refractivity contribution is 0.0988. The predicted molar refractivity (Wildman–Crippen MR) is 87.2 cm³/mol. The van der Waals surface area contributed by atoms with E-state index in [9.17, 15) is 14.3 Å². The first kappa shape index (κ1) is 16.1. The van der Waals surface area contributed by atoms with Gasteiger partial charge in [-0.25, -0.2) is 9.07 Å². The summed E-state index contributed by atoms with van der Waals surface area (Å²) in [5.74, 6) is -0.945. The van der Waals surface area contributed by atoms with Crippen LogP contribution in [0.1, 0.15) is 21.6 Å². The Balaban J connectivity index is 1.86. The highest BCUT2D eigenvalue weighted by atomic mass is 35.5. The average Bonchev–Trinajstić information content (AvgIpc) is 3.03. The third-order valence-electron chi connectivity index (χ3n) is 3.62. The SMILES string of the molecule is Cc1ccc(Cl)cc1CC(=O)c1cn(-c2cc(O)ccc2F)nn1. The number of hydrogen-bond donors (Lipinski definition) is 1. The minimum absolute atomic E-state index is 0.0143. The fourth-order valence-electron chi connectivity index (χ4n) is 2.28. The molecule has 0 saturated heterocycles. The third kappa shape index (κ3) is 3.28. The van der Waals surface area contributed by atoms with Gasteiger partial charge in [0.1, 0.15) is 22.9 Å². The Morgan fingerprint density at radius 2 is 2.08 bits per heavy atom. The van der Waals surface area contributed by atoms with E-state index in [2.05, 4.69) is 10.3 Å². The zero-order valence-corrected chi connectivity index (χ0v) is 13.5. The second kappa shape index (κ2) is 6.41. The van der Waals surface area contributed by atoms with Crippen molar-refractivity contribution >= 4 is 17.4 Å². The molecule has 0 aliphatic rings. The number of benzene rings is 2. The van der Waals surface area contributed by atoms with Crippen LogP contribution in [-0.2, 0) is 6.42 Å². The lowest BCUT2D eigenvalue weighted by Crippen LogP contribution is -2.05. The highest BCUT2D eigenvalue weighted by molar-refractivity contribution is 6.30. The molecule has 2 aromatic carbocycles. The summed E-state index contributed by atoms with van der Waals surface area (Å²) in [5, 5.41) is 17.6. The van der Waals surface area contributed by atoms with Crippen molar-refractivity contribution in [2.24, 2.45) is 0 Å². The first-order valence-electron chi connectivity index (χ1n) is 7.13. The number of aryl methyl sites for hydroxylation is 1. The number of rotatable bonds is 4. The minimum atomic E-state index is -0.581. The maximum Gasteiger partial charge on any atom is 0.189 e. The second-order valence-corrected chi connectivity index (χ2v) is 5.79. The van der Waals surface area contributed by atoms with Gasteiger partial charge in [0.05, 0.1) is 6.20 Å². The Kier molecular flexibility index (Phi) is 4.31. The summed E-state index contributed by atoms with van der Waals surface area (Å²) < 4.78 is 14.9. The first-order valence-corrected chi connectivity index (χ1v) is 7.51. The van der Waals surface area contributed by atoms with E-state index in [-0.39, 0.29) is 29.3 Å². The Hall–Kier alpha value is -2.73. The van der Waals surface area contributed by atoms with Gasteiger partial charge >= 0.3 is 0 Å². The number of Topliss-reactive ketones (excluding diaryl/α,β-unsaturated/α-hetero) is 1. The number of phenols is 1. The van der Waals surface area contributed by atoms with Gasteiger partial charge in [-0.05, 0) is 42.3 Å². The van der Waals surface area contributed by atoms with Crippen LogP contribution >= 0.6 is 11.6 Å². The minimum Gasteiger partial charge on any atom is -0.508 e. The standard InChI is InChI=1S/C17H13ClFN3O2/c1-10-2-3-12(18)6-11(10)7-17(24)15-9-22(21-20-15)16-8-13(23)4-5-14(16)19/h2-6,8-9,23H,7H2,1H3. The Morgan fingerprint density at radius 3 is 2.88 bits per heavy atom. The molecular formula is C17H13ClFN3O2. The molecule has 0 amide bonds. The van der Waals surface area contributed by atoms with E-state index in [1.54, 1.807) is 12.1 Å². The van der Waals surface area contributed by atoms with Crippen LogP contribution in [0.2, 0.25) is 5.02 Å². The monoisotopic (exact) mass is 345 g/mol. The van der Waals surface area contributed by atoms with Crippen LogP contribution in [0.4, 0.5) is 4.39 Å². The van der Waals surface area contributed by atoms with E-state index in [0.717, 1.165) is 21.9 Å². The van der Waals surface area contributed by atoms with Crippen LogP contribution in [-0.4, -0.2) is 25.9 Å². The van der Waals surface area contributed by atoms with Gasteiger partial charge in [-0.15, -0.1) is 5.10 Å². The van der Waals surface area contributed by atoms with Crippen molar-refractivity contribution < 1.29 is 14.3 Å². The normalized spacial score (nSPS) is 10.8. The number of phenolic OH excluding ortho intramolecular Hbond substituents is 1. The second-order valence-electron chi connectivity index (χ2n) is 5.35. The first-order chi connectivity index (χ1) is 11.4. The Morgan fingerprint density at radius 1 is 1.29 bits per heavy atom. The van der Waals surface area contributed by atoms with Gasteiger partial charge in [0.25, 0.3) is 0 Å². The van der Waals surface area contributed by atoms with E-state index >= 15 is 0 Å². The molecular weight excluding hydrogens is 333 g/mol. The highest BCUT2D eigenvalue weighted by Gasteiger charge is 2.15. The predicted octanol–water partition coefficient (Wildman–Crippen LogP) is 3.50. The van der Waals surface area contributed by atoms with Gasteiger partial charge in [0.15, 0.2) is 5.78 Å². The van der Waals surface area contributed by atoms with Gasteiger partial charge in [-0.2, -0.15) is 0 Å². The lowest BCUT2D eigenvalue weighted by Gasteiger charge is -2.04. The van der Waals surface area contributed by atoms with Crippen LogP contribution in [0, 0.1) is 12.7 Å². The number of halogens is 2. The average molecular weight is 346 g/mol. The molecule has 24 heavy (non-hydrogen) atoms. The summed E-state index contributed by atoms with van der Waals surface area (Å²) in [4.78, 5) is 12.4. The lowest BCUT2D eigenvalue weighted by atomic mass is 10.0. The maximum atomic E-state index is 13.8. The summed E-state index contributed by atoms with van der Waals surface area (Å²) in [6.45, 7) is 1.89. The Labute approximate surface area is 142 Å². The molecule has 7 heteroatoms. The van der Waals surface area contributed by atoms with Crippen molar-refractivity contribution in [3.8, 4) is 11.4 Å². The van der Waals surface area contributed by atoms with Gasteiger partial charge < -0.3 is 5.11 Å². The van der Waals surface area contributed by atoms with Crippen molar-refractivity contribution in [3.63, 3.8) is 0 Å². The van der Waals surface area contributed by atoms with Gasteiger partial charge in [-0.1, -0.05) is 22.9 Å². The largest absolute Gasteiger partial charge is 0.508 e. The quantitative estimate of drug-likeness (QED) is 0.735. The molecule has 1 heterocycles. The number of nitrogens with zero attached hydrogens (tertiary/aromatic N) is 3. The zero-order chi connectivity index (χ0) is 17.3. The van der Waals surface area contributed by atoms with Crippen LogP contribution < -0.4 is 0 Å². The molecule has 1 N–H and O–H groups in total. The fraction of sp³-hybridized carbons (Fsp3) is 0.118. The number of hydrogen-bond acceptors (Lipinski definition) is 4. The van der Waals surface area contributed by atoms with E-state index in [0.29, 0.717) is 5.02 Å². The molecule has 1 aromatic heterocycles. The number of carbonyl (C=O) groups excluding carboxylic acids is 1. The summed E-state index contributed by atoms with van der Waals surface area (Å²) in [7, 11) is 0. The summed E-state index contributed by atoms with van der Waals surface area (Å²) in [6.07, 6.45) is 1.45. The van der Waals surface area contributed by atoms with Crippen molar-refractivity contribution in [3.05, 3.63) is 70.3 Å². The van der Waals surface area contributed by atoms with Gasteiger partial charge in [-0.3, -0.25) is 4.79 Å². The topological polar surface area (TPSA) is 68.0 Å². The van der Waals surface area contributed by atoms with Gasteiger partial charge in [0, 0.05) is 17.5 Å². The van der Waals surface area contributed by atoms with Crippen molar-refractivity contribution in [1.29, 1.82) is 0 Å². The van der Waals surface area contributed by atoms with E-state index in [4.69, 9.17) is 11.6 Å². The molecule has 0 bridgehead atoms. The number of ketones is 1. The Bertz CT molecular complexity index is 924. The molecule has 0 atom stereocenters. The number of carbonyl (C=O) groups is 1. The molecule has 5 nitrogen and oxygen atoms in total. The van der Waals surface area contributed by atoms with Crippen molar-refractivity contribution in [2.75, 3.05) is 0 Å². The summed E-state index contributed by atoms with van der Waals surface area (Å²) >= 11 is 5.95. The van der Waals surface area contributed by atoms with E-state index < -0.39 is 5.82 Å². The molecule has 0 spiro atoms. The molecule has 0 unspecified atom stereocenters. The highest BCUT2D eigenvalue weighted by Crippen LogP contribution is 2.20. The van der Waals surface area contributed by atoms with E-state index in [1.807, 2.05) is 13.0 Å². The fourth-order valence-corrected chi connectivity index (χ4v) is 2.47. The van der Waals surface area contributed by atoms with Gasteiger partial charge in [0.2, 0.25) is 0 Å². The van der Waals surface area contributed by atoms with Crippen LogP contribution in [0.5, 0.6) is 5.75 Å². The van der Waals surface area contributed by atoms with Crippen molar-refractivity contribution in [2.45, 2.75) is 13.3 Å². The molecule has 3 rings (SSSR count). The summed E-state index contributed by atoms with van der Waals surface area (Å²) in [5.41, 5.74) is 1.86. The van der Waals surface area contributed by atoms with Crippen molar-refractivity contribution in [1.82, 2.24) is 15.0 Å². The zero-order valence-electron chi connectivity index (χ0n) is 12.7. The number of aromatic nitrogens is 3. The van der Waals surface area contributed by atoms with Crippen LogP contribution in [0.25, 0.3) is 5.69 Å².